The van der Waals surface area contributed by atoms with Crippen LogP contribution in [-0.4, -0.2) is 35.5 Å². The largest absolute Gasteiger partial charge is 0.506 e. The van der Waals surface area contributed by atoms with Crippen molar-refractivity contribution in [2.24, 2.45) is 0 Å². The molecule has 7 heteroatoms. The lowest BCUT2D eigenvalue weighted by atomic mass is 10.00. The second-order valence-corrected chi connectivity index (χ2v) is 9.27. The predicted molar refractivity (Wildman–Crippen MR) is 131 cm³/mol. The van der Waals surface area contributed by atoms with Crippen LogP contribution in [0.2, 0.25) is 15.1 Å². The molecular weight excluding hydrogens is 467 g/mol. The molecule has 1 saturated heterocycles. The summed E-state index contributed by atoms with van der Waals surface area (Å²) in [6.07, 6.45) is 0.221. The summed E-state index contributed by atoms with van der Waals surface area (Å²) in [5.41, 5.74) is 3.89. The normalized spacial score (nSPS) is 16.3. The van der Waals surface area contributed by atoms with E-state index in [1.54, 1.807) is 12.1 Å². The highest BCUT2D eigenvalue weighted by molar-refractivity contribution is 6.33. The van der Waals surface area contributed by atoms with Gasteiger partial charge in [-0.05, 0) is 60.0 Å². The highest BCUT2D eigenvalue weighted by Gasteiger charge is 2.31. The maximum absolute atomic E-state index is 13.1. The van der Waals surface area contributed by atoms with Gasteiger partial charge in [0, 0.05) is 24.7 Å². The lowest BCUT2D eigenvalue weighted by Gasteiger charge is -2.43. The Hall–Kier alpha value is -2.40. The molecule has 1 N–H and O–H groups in total. The molecule has 4 nitrogen and oxygen atoms in total. The van der Waals surface area contributed by atoms with Gasteiger partial charge in [-0.25, -0.2) is 0 Å². The van der Waals surface area contributed by atoms with E-state index < -0.39 is 0 Å². The third-order valence-electron chi connectivity index (χ3n) is 5.77. The number of hydrogen-bond donors (Lipinski definition) is 1. The average molecular weight is 490 g/mol. The van der Waals surface area contributed by atoms with Crippen LogP contribution in [0.5, 0.6) is 5.75 Å². The Morgan fingerprint density at radius 1 is 0.969 bits per heavy atom. The second kappa shape index (κ2) is 9.62. The Bertz CT molecular complexity index is 1130. The number of phenolic OH excluding ortho intramolecular Hbond substituents is 1. The molecule has 3 aromatic carbocycles. The zero-order valence-corrected chi connectivity index (χ0v) is 19.8. The zero-order chi connectivity index (χ0) is 22.8. The number of carbonyl (C=O) groups excluding carboxylic acids is 1. The number of piperazine rings is 1. The molecule has 0 saturated carbocycles. The van der Waals surface area contributed by atoms with Gasteiger partial charge in [0.25, 0.3) is 0 Å². The van der Waals surface area contributed by atoms with Gasteiger partial charge in [0.1, 0.15) is 5.75 Å². The van der Waals surface area contributed by atoms with Crippen molar-refractivity contribution in [2.75, 3.05) is 24.5 Å². The fourth-order valence-corrected chi connectivity index (χ4v) is 4.73. The summed E-state index contributed by atoms with van der Waals surface area (Å²) in [5, 5.41) is 11.2. The van der Waals surface area contributed by atoms with Crippen LogP contribution in [-0.2, 0) is 11.2 Å². The molecule has 166 valence electrons. The van der Waals surface area contributed by atoms with Gasteiger partial charge in [0.2, 0.25) is 5.91 Å². The minimum absolute atomic E-state index is 0.00857. The molecule has 4 rings (SSSR count). The Balaban J connectivity index is 1.60. The van der Waals surface area contributed by atoms with Gasteiger partial charge in [-0.15, -0.1) is 0 Å². The fourth-order valence-electron chi connectivity index (χ4n) is 4.06. The van der Waals surface area contributed by atoms with E-state index >= 15 is 0 Å². The van der Waals surface area contributed by atoms with Gasteiger partial charge in [0.15, 0.2) is 0 Å². The number of benzene rings is 3. The van der Waals surface area contributed by atoms with Gasteiger partial charge >= 0.3 is 0 Å². The van der Waals surface area contributed by atoms with Crippen LogP contribution in [0.3, 0.4) is 0 Å². The molecule has 0 aliphatic carbocycles. The van der Waals surface area contributed by atoms with E-state index in [0.29, 0.717) is 29.7 Å². The van der Waals surface area contributed by atoms with Crippen LogP contribution in [0.1, 0.15) is 22.7 Å². The zero-order valence-electron chi connectivity index (χ0n) is 17.6. The SMILES string of the molecule is Cc1ccc(N2CCN(C(=O)Cc3ccc(O)c(Cl)c3)CC2c2ccc(Cl)cc2)c(Cl)c1. The van der Waals surface area contributed by atoms with Crippen molar-refractivity contribution in [3.05, 3.63) is 92.4 Å². The van der Waals surface area contributed by atoms with Crippen LogP contribution in [0, 0.1) is 6.92 Å². The summed E-state index contributed by atoms with van der Waals surface area (Å²) in [7, 11) is 0. The van der Waals surface area contributed by atoms with E-state index in [1.165, 1.54) is 6.07 Å². The number of carbonyl (C=O) groups is 1. The first kappa shape index (κ1) is 22.8. The number of hydrogen-bond acceptors (Lipinski definition) is 3. The smallest absolute Gasteiger partial charge is 0.227 e. The highest BCUT2D eigenvalue weighted by Crippen LogP contribution is 2.36. The molecule has 1 amide bonds. The van der Waals surface area contributed by atoms with Crippen molar-refractivity contribution < 1.29 is 9.90 Å². The molecule has 0 aromatic heterocycles. The number of nitrogens with zero attached hydrogens (tertiary/aromatic N) is 2. The number of phenols is 1. The van der Waals surface area contributed by atoms with E-state index in [0.717, 1.165) is 22.4 Å². The lowest BCUT2D eigenvalue weighted by Crippen LogP contribution is -2.51. The Labute approximate surface area is 202 Å². The number of rotatable bonds is 4. The van der Waals surface area contributed by atoms with Crippen molar-refractivity contribution in [1.29, 1.82) is 0 Å². The van der Waals surface area contributed by atoms with Gasteiger partial charge in [-0.3, -0.25) is 4.79 Å². The van der Waals surface area contributed by atoms with Crippen molar-refractivity contribution in [3.63, 3.8) is 0 Å². The maximum Gasteiger partial charge on any atom is 0.227 e. The van der Waals surface area contributed by atoms with Crippen LogP contribution in [0.4, 0.5) is 5.69 Å². The standard InChI is InChI=1S/C25H23Cl3N2O2/c1-16-2-8-22(20(27)12-16)30-11-10-29(15-23(30)18-4-6-19(26)7-5-18)25(32)14-17-3-9-24(31)21(28)13-17/h2-9,12-13,23,31H,10-11,14-15H2,1H3. The van der Waals surface area contributed by atoms with Gasteiger partial charge in [-0.2, -0.15) is 0 Å². The van der Waals surface area contributed by atoms with Crippen molar-refractivity contribution in [1.82, 2.24) is 4.90 Å². The fraction of sp³-hybridized carbons (Fsp3) is 0.240. The topological polar surface area (TPSA) is 43.8 Å². The molecule has 1 aliphatic heterocycles. The van der Waals surface area contributed by atoms with Crippen LogP contribution in [0.25, 0.3) is 0 Å². The average Bonchev–Trinajstić information content (AvgIpc) is 2.77. The molecule has 1 aliphatic rings. The molecule has 3 aromatic rings. The summed E-state index contributed by atoms with van der Waals surface area (Å²) < 4.78 is 0. The molecule has 0 spiro atoms. The first-order valence-electron chi connectivity index (χ1n) is 10.4. The minimum atomic E-state index is -0.0615. The van der Waals surface area contributed by atoms with E-state index in [1.807, 2.05) is 54.3 Å². The van der Waals surface area contributed by atoms with Crippen molar-refractivity contribution in [3.8, 4) is 5.75 Å². The molecule has 1 unspecified atom stereocenters. The van der Waals surface area contributed by atoms with Crippen LogP contribution < -0.4 is 4.90 Å². The number of halogens is 3. The van der Waals surface area contributed by atoms with E-state index in [4.69, 9.17) is 34.8 Å². The predicted octanol–water partition coefficient (Wildman–Crippen LogP) is 6.29. The molecule has 1 fully saturated rings. The molecule has 1 atom stereocenters. The number of aryl methyl sites for hydroxylation is 1. The Morgan fingerprint density at radius 3 is 2.41 bits per heavy atom. The molecule has 0 bridgehead atoms. The number of aromatic hydroxyl groups is 1. The second-order valence-electron chi connectivity index (χ2n) is 8.02. The first-order chi connectivity index (χ1) is 15.3. The van der Waals surface area contributed by atoms with Crippen molar-refractivity contribution >= 4 is 46.4 Å². The minimum Gasteiger partial charge on any atom is -0.506 e. The summed E-state index contributed by atoms with van der Waals surface area (Å²) in [5.74, 6) is 0.0228. The Morgan fingerprint density at radius 2 is 1.72 bits per heavy atom. The third kappa shape index (κ3) is 4.98. The first-order valence-corrected chi connectivity index (χ1v) is 11.5. The Kier molecular flexibility index (Phi) is 6.85. The monoisotopic (exact) mass is 488 g/mol. The molecule has 1 heterocycles. The van der Waals surface area contributed by atoms with Crippen LogP contribution in [0.15, 0.2) is 60.7 Å². The van der Waals surface area contributed by atoms with E-state index in [9.17, 15) is 9.90 Å². The van der Waals surface area contributed by atoms with E-state index in [-0.39, 0.29) is 29.1 Å². The summed E-state index contributed by atoms with van der Waals surface area (Å²) in [4.78, 5) is 17.2. The number of anilines is 1. The summed E-state index contributed by atoms with van der Waals surface area (Å²) in [6, 6.07) is 18.6. The highest BCUT2D eigenvalue weighted by atomic mass is 35.5. The van der Waals surface area contributed by atoms with Gasteiger partial charge < -0.3 is 14.9 Å². The van der Waals surface area contributed by atoms with Gasteiger partial charge in [0.05, 0.1) is 28.2 Å². The van der Waals surface area contributed by atoms with E-state index in [2.05, 4.69) is 4.90 Å². The molecule has 32 heavy (non-hydrogen) atoms. The summed E-state index contributed by atoms with van der Waals surface area (Å²) in [6.45, 7) is 3.77. The molecule has 0 radical (unpaired) electrons. The quantitative estimate of drug-likeness (QED) is 0.468. The van der Waals surface area contributed by atoms with Gasteiger partial charge in [-0.1, -0.05) is 59.1 Å². The lowest BCUT2D eigenvalue weighted by molar-refractivity contribution is -0.131. The number of amides is 1. The molecular formula is C25H23Cl3N2O2. The third-order valence-corrected chi connectivity index (χ3v) is 6.63. The van der Waals surface area contributed by atoms with Crippen LogP contribution >= 0.6 is 34.8 Å². The maximum atomic E-state index is 13.1. The summed E-state index contributed by atoms with van der Waals surface area (Å²) >= 11 is 18.7. The van der Waals surface area contributed by atoms with Crippen molar-refractivity contribution in [2.45, 2.75) is 19.4 Å².